The van der Waals surface area contributed by atoms with Crippen molar-refractivity contribution < 1.29 is 19.4 Å². The van der Waals surface area contributed by atoms with E-state index in [0.29, 0.717) is 36.0 Å². The van der Waals surface area contributed by atoms with E-state index >= 15 is 0 Å². The van der Waals surface area contributed by atoms with Crippen LogP contribution in [0.1, 0.15) is 78.6 Å². The molecule has 4 aliphatic rings. The fraction of sp³-hybridized carbons (Fsp3) is 0.885. The Morgan fingerprint density at radius 1 is 1.20 bits per heavy atom. The lowest BCUT2D eigenvalue weighted by molar-refractivity contribution is -0.141. The van der Waals surface area contributed by atoms with Gasteiger partial charge in [0.15, 0.2) is 0 Å². The number of ether oxygens (including phenoxy) is 2. The first kappa shape index (κ1) is 22.3. The standard InChI is InChI=1S/C26H42O4/c1-16(6-11-24(28)30-5)20-9-10-21-19-8-7-17-14-18(27)12-13-25(17,2)22(19)15-23(29-4)26(20,21)3/h15-21,23,27H,6-14H2,1-5H3/t16?,17?,18-,19?,20?,21?,23+,25+,26+/m0/s1. The van der Waals surface area contributed by atoms with Crippen LogP contribution in [0, 0.1) is 40.4 Å². The molecule has 9 atom stereocenters. The zero-order valence-electron chi connectivity index (χ0n) is 19.7. The third kappa shape index (κ3) is 3.37. The fourth-order valence-electron chi connectivity index (χ4n) is 8.41. The molecule has 4 heteroatoms. The number of carbonyl (C=O) groups excluding carboxylic acids is 1. The summed E-state index contributed by atoms with van der Waals surface area (Å²) >= 11 is 0. The van der Waals surface area contributed by atoms with Gasteiger partial charge in [0.1, 0.15) is 0 Å². The van der Waals surface area contributed by atoms with E-state index in [9.17, 15) is 9.90 Å². The summed E-state index contributed by atoms with van der Waals surface area (Å²) in [5.41, 5.74) is 2.02. The molecule has 4 aliphatic carbocycles. The number of rotatable bonds is 5. The first-order chi connectivity index (χ1) is 14.3. The van der Waals surface area contributed by atoms with E-state index in [1.165, 1.54) is 32.8 Å². The van der Waals surface area contributed by atoms with Gasteiger partial charge in [-0.2, -0.15) is 0 Å². The third-order valence-corrected chi connectivity index (χ3v) is 10.1. The van der Waals surface area contributed by atoms with Crippen LogP contribution in [0.3, 0.4) is 0 Å². The maximum atomic E-state index is 11.7. The largest absolute Gasteiger partial charge is 0.469 e. The van der Waals surface area contributed by atoms with E-state index in [4.69, 9.17) is 9.47 Å². The van der Waals surface area contributed by atoms with Crippen LogP contribution < -0.4 is 0 Å². The monoisotopic (exact) mass is 418 g/mol. The van der Waals surface area contributed by atoms with Crippen molar-refractivity contribution in [3.8, 4) is 0 Å². The summed E-state index contributed by atoms with van der Waals surface area (Å²) in [7, 11) is 3.36. The molecule has 0 aliphatic heterocycles. The Morgan fingerprint density at radius 3 is 2.67 bits per heavy atom. The van der Waals surface area contributed by atoms with Gasteiger partial charge in [0, 0.05) is 18.9 Å². The number of hydrogen-bond donors (Lipinski definition) is 1. The van der Waals surface area contributed by atoms with Crippen molar-refractivity contribution in [2.45, 2.75) is 90.8 Å². The molecule has 0 aromatic heterocycles. The quantitative estimate of drug-likeness (QED) is 0.496. The van der Waals surface area contributed by atoms with Gasteiger partial charge < -0.3 is 14.6 Å². The fourth-order valence-corrected chi connectivity index (χ4v) is 8.41. The summed E-state index contributed by atoms with van der Waals surface area (Å²) in [6.07, 6.45) is 12.0. The van der Waals surface area contributed by atoms with Crippen LogP contribution in [0.15, 0.2) is 11.6 Å². The number of aliphatic hydroxyl groups is 1. The number of hydrogen-bond acceptors (Lipinski definition) is 4. The highest BCUT2D eigenvalue weighted by Crippen LogP contribution is 2.66. The molecule has 1 N–H and O–H groups in total. The molecule has 0 aromatic rings. The van der Waals surface area contributed by atoms with E-state index in [2.05, 4.69) is 26.8 Å². The van der Waals surface area contributed by atoms with Crippen molar-refractivity contribution in [3.05, 3.63) is 11.6 Å². The molecule has 0 amide bonds. The van der Waals surface area contributed by atoms with Crippen LogP contribution in [0.4, 0.5) is 0 Å². The number of esters is 1. The summed E-state index contributed by atoms with van der Waals surface area (Å²) in [5, 5.41) is 10.3. The Labute approximate surface area is 182 Å². The van der Waals surface area contributed by atoms with Crippen LogP contribution in [-0.4, -0.2) is 37.5 Å². The Bertz CT molecular complexity index is 687. The SMILES string of the molecule is COC(=O)CCC(C)C1CCC2C3CCC4C[C@@H](O)CC[C@@]4(C)C3=C[C@@H](OC)[C@]12C. The van der Waals surface area contributed by atoms with Gasteiger partial charge in [-0.1, -0.05) is 32.4 Å². The van der Waals surface area contributed by atoms with Gasteiger partial charge in [-0.3, -0.25) is 4.79 Å². The number of fused-ring (bicyclic) bond motifs is 5. The van der Waals surface area contributed by atoms with Gasteiger partial charge in [0.25, 0.3) is 0 Å². The van der Waals surface area contributed by atoms with E-state index in [1.54, 1.807) is 5.57 Å². The van der Waals surface area contributed by atoms with Crippen molar-refractivity contribution in [1.29, 1.82) is 0 Å². The van der Waals surface area contributed by atoms with Gasteiger partial charge in [0.2, 0.25) is 0 Å². The van der Waals surface area contributed by atoms with Gasteiger partial charge in [-0.05, 0) is 86.4 Å². The molecule has 0 radical (unpaired) electrons. The highest BCUT2D eigenvalue weighted by Gasteiger charge is 2.61. The lowest BCUT2D eigenvalue weighted by Gasteiger charge is -2.58. The minimum atomic E-state index is -0.112. The first-order valence-corrected chi connectivity index (χ1v) is 12.3. The third-order valence-electron chi connectivity index (χ3n) is 10.1. The topological polar surface area (TPSA) is 55.8 Å². The molecule has 3 saturated carbocycles. The molecule has 0 heterocycles. The van der Waals surface area contributed by atoms with Crippen molar-refractivity contribution >= 4 is 5.97 Å². The Hall–Kier alpha value is -0.870. The summed E-state index contributed by atoms with van der Waals surface area (Å²) in [4.78, 5) is 11.7. The van der Waals surface area contributed by atoms with E-state index in [1.807, 2.05) is 7.11 Å². The zero-order chi connectivity index (χ0) is 21.7. The molecule has 170 valence electrons. The molecular weight excluding hydrogens is 376 g/mol. The smallest absolute Gasteiger partial charge is 0.305 e. The van der Waals surface area contributed by atoms with E-state index in [-0.39, 0.29) is 29.0 Å². The van der Waals surface area contributed by atoms with Gasteiger partial charge in [0.05, 0.1) is 19.3 Å². The summed E-state index contributed by atoms with van der Waals surface area (Å²) in [6.45, 7) is 7.28. The average molecular weight is 419 g/mol. The number of methoxy groups -OCH3 is 2. The van der Waals surface area contributed by atoms with Crippen LogP contribution in [-0.2, 0) is 14.3 Å². The summed E-state index contributed by atoms with van der Waals surface area (Å²) in [6, 6.07) is 0. The Kier molecular flexibility index (Phi) is 6.13. The number of aliphatic hydroxyl groups excluding tert-OH is 1. The summed E-state index contributed by atoms with van der Waals surface area (Å²) < 4.78 is 11.1. The molecule has 0 bridgehead atoms. The predicted molar refractivity (Wildman–Crippen MR) is 118 cm³/mol. The summed E-state index contributed by atoms with van der Waals surface area (Å²) in [5.74, 6) is 2.91. The molecule has 0 spiro atoms. The lowest BCUT2D eigenvalue weighted by Crippen LogP contribution is -2.53. The zero-order valence-corrected chi connectivity index (χ0v) is 19.7. The molecule has 5 unspecified atom stereocenters. The molecule has 0 aromatic carbocycles. The van der Waals surface area contributed by atoms with Gasteiger partial charge >= 0.3 is 5.97 Å². The predicted octanol–water partition coefficient (Wildman–Crippen LogP) is 5.14. The van der Waals surface area contributed by atoms with Crippen molar-refractivity contribution in [3.63, 3.8) is 0 Å². The van der Waals surface area contributed by atoms with Crippen LogP contribution >= 0.6 is 0 Å². The molecule has 4 rings (SSSR count). The highest BCUT2D eigenvalue weighted by molar-refractivity contribution is 5.69. The Morgan fingerprint density at radius 2 is 1.97 bits per heavy atom. The Balaban J connectivity index is 1.63. The second-order valence-corrected chi connectivity index (χ2v) is 11.3. The first-order valence-electron chi connectivity index (χ1n) is 12.3. The maximum Gasteiger partial charge on any atom is 0.305 e. The second kappa shape index (κ2) is 8.24. The normalized spacial score (nSPS) is 46.3. The van der Waals surface area contributed by atoms with Gasteiger partial charge in [-0.15, -0.1) is 0 Å². The number of allylic oxidation sites excluding steroid dienone is 1. The van der Waals surface area contributed by atoms with E-state index in [0.717, 1.165) is 25.7 Å². The van der Waals surface area contributed by atoms with Crippen LogP contribution in [0.5, 0.6) is 0 Å². The minimum absolute atomic E-state index is 0.0959. The van der Waals surface area contributed by atoms with Crippen molar-refractivity contribution in [2.75, 3.05) is 14.2 Å². The molecular formula is C26H42O4. The number of carbonyl (C=O) groups is 1. The van der Waals surface area contributed by atoms with Gasteiger partial charge in [-0.25, -0.2) is 0 Å². The average Bonchev–Trinajstić information content (AvgIpc) is 3.09. The van der Waals surface area contributed by atoms with E-state index < -0.39 is 0 Å². The second-order valence-electron chi connectivity index (χ2n) is 11.3. The lowest BCUT2D eigenvalue weighted by atomic mass is 9.47. The molecule has 4 nitrogen and oxygen atoms in total. The van der Waals surface area contributed by atoms with Crippen molar-refractivity contribution in [2.24, 2.45) is 40.4 Å². The molecule has 0 saturated heterocycles. The van der Waals surface area contributed by atoms with Crippen LogP contribution in [0.2, 0.25) is 0 Å². The molecule has 3 fully saturated rings. The highest BCUT2D eigenvalue weighted by atomic mass is 16.5. The molecule has 30 heavy (non-hydrogen) atoms. The maximum absolute atomic E-state index is 11.7. The van der Waals surface area contributed by atoms with Crippen molar-refractivity contribution in [1.82, 2.24) is 0 Å². The minimum Gasteiger partial charge on any atom is -0.469 e. The van der Waals surface area contributed by atoms with Crippen LogP contribution in [0.25, 0.3) is 0 Å².